The second-order valence-corrected chi connectivity index (χ2v) is 7.47. The van der Waals surface area contributed by atoms with E-state index in [-0.39, 0.29) is 5.91 Å². The number of aryl methyl sites for hydroxylation is 1. The Kier molecular flexibility index (Phi) is 5.36. The van der Waals surface area contributed by atoms with Gasteiger partial charge in [-0.1, -0.05) is 61.0 Å². The van der Waals surface area contributed by atoms with E-state index in [1.165, 1.54) is 5.56 Å². The van der Waals surface area contributed by atoms with Crippen molar-refractivity contribution in [3.63, 3.8) is 0 Å². The van der Waals surface area contributed by atoms with Crippen LogP contribution >= 0.6 is 11.6 Å². The van der Waals surface area contributed by atoms with Gasteiger partial charge in [-0.2, -0.15) is 5.10 Å². The molecule has 0 radical (unpaired) electrons. The molecule has 4 aromatic rings. The fourth-order valence-corrected chi connectivity index (χ4v) is 3.57. The van der Waals surface area contributed by atoms with Gasteiger partial charge in [0, 0.05) is 21.7 Å². The number of anilines is 1. The molecule has 4 rings (SSSR count). The molecule has 4 nitrogen and oxygen atoms in total. The summed E-state index contributed by atoms with van der Waals surface area (Å²) in [6.07, 6.45) is 0.967. The van der Waals surface area contributed by atoms with Crippen LogP contribution in [0, 0.1) is 0 Å². The first kappa shape index (κ1) is 19.2. The minimum atomic E-state index is -0.484. The van der Waals surface area contributed by atoms with E-state index in [4.69, 9.17) is 16.7 Å². The molecule has 0 saturated heterocycles. The highest BCUT2D eigenvalue weighted by molar-refractivity contribution is 6.31. The number of rotatable bonds is 5. The SMILES string of the molecule is CCc1ccc(NC(=O)C(C)n2nc(-c3ccccc3)c3cc(Cl)ccc32)cc1. The van der Waals surface area contributed by atoms with Crippen molar-refractivity contribution >= 4 is 34.1 Å². The number of carbonyl (C=O) groups is 1. The lowest BCUT2D eigenvalue weighted by molar-refractivity contribution is -0.118. The van der Waals surface area contributed by atoms with Gasteiger partial charge in [-0.3, -0.25) is 9.48 Å². The van der Waals surface area contributed by atoms with Crippen LogP contribution in [0.4, 0.5) is 5.69 Å². The Labute approximate surface area is 175 Å². The minimum Gasteiger partial charge on any atom is -0.324 e. The number of hydrogen-bond acceptors (Lipinski definition) is 2. The lowest BCUT2D eigenvalue weighted by Gasteiger charge is -2.14. The second-order valence-electron chi connectivity index (χ2n) is 7.04. The van der Waals surface area contributed by atoms with E-state index >= 15 is 0 Å². The maximum absolute atomic E-state index is 12.9. The Morgan fingerprint density at radius 2 is 1.79 bits per heavy atom. The molecule has 1 aromatic heterocycles. The van der Waals surface area contributed by atoms with Crippen LogP contribution in [0.3, 0.4) is 0 Å². The molecule has 1 atom stereocenters. The summed E-state index contributed by atoms with van der Waals surface area (Å²) in [4.78, 5) is 12.9. The largest absolute Gasteiger partial charge is 0.324 e. The summed E-state index contributed by atoms with van der Waals surface area (Å²) in [6.45, 7) is 3.96. The molecule has 0 spiro atoms. The highest BCUT2D eigenvalue weighted by atomic mass is 35.5. The zero-order chi connectivity index (χ0) is 20.4. The molecule has 29 heavy (non-hydrogen) atoms. The molecule has 1 unspecified atom stereocenters. The molecular weight excluding hydrogens is 382 g/mol. The van der Waals surface area contributed by atoms with Gasteiger partial charge < -0.3 is 5.32 Å². The number of aromatic nitrogens is 2. The lowest BCUT2D eigenvalue weighted by Crippen LogP contribution is -2.24. The van der Waals surface area contributed by atoms with Crippen LogP contribution in [0.5, 0.6) is 0 Å². The van der Waals surface area contributed by atoms with Crippen LogP contribution in [0.1, 0.15) is 25.5 Å². The summed E-state index contributed by atoms with van der Waals surface area (Å²) in [5, 5.41) is 9.35. The summed E-state index contributed by atoms with van der Waals surface area (Å²) in [7, 11) is 0. The third-order valence-electron chi connectivity index (χ3n) is 5.09. The molecule has 0 aliphatic heterocycles. The normalized spacial score (nSPS) is 12.1. The summed E-state index contributed by atoms with van der Waals surface area (Å²) in [5.41, 5.74) is 4.69. The van der Waals surface area contributed by atoms with Crippen molar-refractivity contribution in [2.75, 3.05) is 5.32 Å². The smallest absolute Gasteiger partial charge is 0.248 e. The average Bonchev–Trinajstić information content (AvgIpc) is 3.13. The van der Waals surface area contributed by atoms with Crippen LogP contribution in [-0.4, -0.2) is 15.7 Å². The number of nitrogens with one attached hydrogen (secondary N) is 1. The molecular formula is C24H22ClN3O. The summed E-state index contributed by atoms with van der Waals surface area (Å²) >= 11 is 6.25. The fraction of sp³-hybridized carbons (Fsp3) is 0.167. The van der Waals surface area contributed by atoms with Gasteiger partial charge in [-0.25, -0.2) is 0 Å². The van der Waals surface area contributed by atoms with Gasteiger partial charge in [0.15, 0.2) is 0 Å². The van der Waals surface area contributed by atoms with Gasteiger partial charge in [0.25, 0.3) is 0 Å². The molecule has 5 heteroatoms. The summed E-state index contributed by atoms with van der Waals surface area (Å²) in [5.74, 6) is -0.117. The number of hydrogen-bond donors (Lipinski definition) is 1. The van der Waals surface area contributed by atoms with Gasteiger partial charge in [0.1, 0.15) is 11.7 Å². The Hall–Kier alpha value is -3.11. The molecule has 1 amide bonds. The monoisotopic (exact) mass is 403 g/mol. The van der Waals surface area contributed by atoms with Crippen LogP contribution < -0.4 is 5.32 Å². The zero-order valence-electron chi connectivity index (χ0n) is 16.4. The van der Waals surface area contributed by atoms with Gasteiger partial charge >= 0.3 is 0 Å². The van der Waals surface area contributed by atoms with Gasteiger partial charge in [0.05, 0.1) is 5.52 Å². The van der Waals surface area contributed by atoms with Gasteiger partial charge in [-0.15, -0.1) is 0 Å². The highest BCUT2D eigenvalue weighted by Gasteiger charge is 2.21. The quantitative estimate of drug-likeness (QED) is 0.436. The molecule has 146 valence electrons. The van der Waals surface area contributed by atoms with Crippen molar-refractivity contribution in [1.29, 1.82) is 0 Å². The first-order valence-electron chi connectivity index (χ1n) is 9.70. The van der Waals surface area contributed by atoms with E-state index in [2.05, 4.69) is 12.2 Å². The van der Waals surface area contributed by atoms with Crippen LogP contribution in [-0.2, 0) is 11.2 Å². The van der Waals surface area contributed by atoms with E-state index in [9.17, 15) is 4.79 Å². The first-order chi connectivity index (χ1) is 14.1. The maximum atomic E-state index is 12.9. The molecule has 1 heterocycles. The summed E-state index contributed by atoms with van der Waals surface area (Å²) in [6, 6.07) is 23.0. The highest BCUT2D eigenvalue weighted by Crippen LogP contribution is 2.32. The number of halogens is 1. The van der Waals surface area contributed by atoms with Crippen molar-refractivity contribution in [2.45, 2.75) is 26.3 Å². The van der Waals surface area contributed by atoms with E-state index < -0.39 is 6.04 Å². The Morgan fingerprint density at radius 3 is 2.48 bits per heavy atom. The number of nitrogens with zero attached hydrogens (tertiary/aromatic N) is 2. The van der Waals surface area contributed by atoms with E-state index in [0.717, 1.165) is 34.3 Å². The topological polar surface area (TPSA) is 46.9 Å². The second kappa shape index (κ2) is 8.10. The van der Waals surface area contributed by atoms with Crippen molar-refractivity contribution in [2.24, 2.45) is 0 Å². The third-order valence-corrected chi connectivity index (χ3v) is 5.33. The predicted molar refractivity (Wildman–Crippen MR) is 119 cm³/mol. The van der Waals surface area contributed by atoms with E-state index in [1.54, 1.807) is 4.68 Å². The minimum absolute atomic E-state index is 0.117. The zero-order valence-corrected chi connectivity index (χ0v) is 17.1. The van der Waals surface area contributed by atoms with Crippen molar-refractivity contribution in [1.82, 2.24) is 9.78 Å². The van der Waals surface area contributed by atoms with Crippen LogP contribution in [0.2, 0.25) is 5.02 Å². The number of carbonyl (C=O) groups excluding carboxylic acids is 1. The molecule has 0 saturated carbocycles. The van der Waals surface area contributed by atoms with E-state index in [0.29, 0.717) is 5.02 Å². The van der Waals surface area contributed by atoms with Crippen molar-refractivity contribution < 1.29 is 4.79 Å². The number of amides is 1. The third kappa shape index (κ3) is 3.89. The van der Waals surface area contributed by atoms with Crippen molar-refractivity contribution in [3.8, 4) is 11.3 Å². The fourth-order valence-electron chi connectivity index (χ4n) is 3.40. The average molecular weight is 404 g/mol. The van der Waals surface area contributed by atoms with Gasteiger partial charge in [0.2, 0.25) is 5.91 Å². The van der Waals surface area contributed by atoms with Gasteiger partial charge in [-0.05, 0) is 49.2 Å². The standard InChI is InChI=1S/C24H22ClN3O/c1-3-17-9-12-20(13-10-17)26-24(29)16(2)28-22-14-11-19(25)15-21(22)23(27-28)18-7-5-4-6-8-18/h4-16H,3H2,1-2H3,(H,26,29). The molecule has 0 aliphatic carbocycles. The van der Waals surface area contributed by atoms with Crippen molar-refractivity contribution in [3.05, 3.63) is 83.4 Å². The van der Waals surface area contributed by atoms with Crippen LogP contribution in [0.25, 0.3) is 22.2 Å². The maximum Gasteiger partial charge on any atom is 0.248 e. The molecule has 0 fully saturated rings. The van der Waals surface area contributed by atoms with Crippen LogP contribution in [0.15, 0.2) is 72.8 Å². The molecule has 3 aromatic carbocycles. The number of fused-ring (bicyclic) bond motifs is 1. The first-order valence-corrected chi connectivity index (χ1v) is 10.1. The van der Waals surface area contributed by atoms with E-state index in [1.807, 2.05) is 79.7 Å². The molecule has 0 aliphatic rings. The Morgan fingerprint density at radius 1 is 1.07 bits per heavy atom. The lowest BCUT2D eigenvalue weighted by atomic mass is 10.1. The molecule has 0 bridgehead atoms. The molecule has 1 N–H and O–H groups in total. The Balaban J connectivity index is 1.70. The number of benzene rings is 3. The predicted octanol–water partition coefficient (Wildman–Crippen LogP) is 6.12. The summed E-state index contributed by atoms with van der Waals surface area (Å²) < 4.78 is 1.77. The Bertz CT molecular complexity index is 1150.